The number of hydrogen-bond acceptors (Lipinski definition) is 4. The summed E-state index contributed by atoms with van der Waals surface area (Å²) in [6.07, 6.45) is 0.622. The van der Waals surface area contributed by atoms with E-state index in [0.29, 0.717) is 17.9 Å². The fourth-order valence-electron chi connectivity index (χ4n) is 6.12. The number of fused-ring (bicyclic) bond motifs is 2. The van der Waals surface area contributed by atoms with Crippen LogP contribution in [-0.2, 0) is 17.3 Å². The van der Waals surface area contributed by atoms with E-state index in [-0.39, 0.29) is 11.5 Å². The van der Waals surface area contributed by atoms with Crippen molar-refractivity contribution in [2.75, 3.05) is 0 Å². The van der Waals surface area contributed by atoms with Crippen LogP contribution < -0.4 is 0 Å². The number of nitroso groups, excluding NO2 is 1. The summed E-state index contributed by atoms with van der Waals surface area (Å²) in [7, 11) is 0. The lowest BCUT2D eigenvalue weighted by molar-refractivity contribution is -0.137. The molecule has 0 spiro atoms. The highest BCUT2D eigenvalue weighted by atomic mass is 19.4. The Morgan fingerprint density at radius 3 is 2.33 bits per heavy atom. The molecule has 5 rings (SSSR count). The van der Waals surface area contributed by atoms with Crippen LogP contribution in [0.5, 0.6) is 0 Å². The standard InChI is InChI=1S/C26H29F3N2O2/c1-14-23-22(24(33-14)16-8-10-17(11-9-16)26(27,28)29)20(15-6-4-5-7-15)21-18(30-23)12-25(2,3)13-19(21)31-32/h8-11,14-15,19,24H,4-7,12-13H2,1-3H3/t14?,19-,24?/m0/s1. The molecule has 7 heteroatoms. The third-order valence-corrected chi connectivity index (χ3v) is 7.57. The molecule has 1 aromatic carbocycles. The van der Waals surface area contributed by atoms with Crippen molar-refractivity contribution in [3.8, 4) is 0 Å². The Bertz CT molecular complexity index is 1070. The SMILES string of the molecule is CC1OC(c2ccc(C(F)(F)F)cc2)c2c1nc1c(c2C2CCCC2)[C@@H](N=O)CC(C)(C)C1. The Morgan fingerprint density at radius 1 is 1.06 bits per heavy atom. The summed E-state index contributed by atoms with van der Waals surface area (Å²) < 4.78 is 45.7. The second-order valence-corrected chi connectivity index (χ2v) is 10.6. The summed E-state index contributed by atoms with van der Waals surface area (Å²) in [5, 5.41) is 3.54. The van der Waals surface area contributed by atoms with Crippen molar-refractivity contribution in [3.05, 3.63) is 68.4 Å². The zero-order valence-corrected chi connectivity index (χ0v) is 19.2. The average molecular weight is 459 g/mol. The summed E-state index contributed by atoms with van der Waals surface area (Å²) in [5.74, 6) is 0.298. The van der Waals surface area contributed by atoms with Gasteiger partial charge in [0, 0.05) is 16.8 Å². The van der Waals surface area contributed by atoms with Gasteiger partial charge in [-0.3, -0.25) is 4.98 Å². The summed E-state index contributed by atoms with van der Waals surface area (Å²) in [6.45, 7) is 6.23. The van der Waals surface area contributed by atoms with Gasteiger partial charge in [-0.25, -0.2) is 0 Å². The molecule has 0 saturated heterocycles. The molecule has 0 N–H and O–H groups in total. The summed E-state index contributed by atoms with van der Waals surface area (Å²) in [6, 6.07) is 4.78. The molecular formula is C26H29F3N2O2. The van der Waals surface area contributed by atoms with Crippen LogP contribution in [0.4, 0.5) is 13.2 Å². The predicted octanol–water partition coefficient (Wildman–Crippen LogP) is 7.72. The van der Waals surface area contributed by atoms with Crippen molar-refractivity contribution < 1.29 is 17.9 Å². The maximum Gasteiger partial charge on any atom is 0.416 e. The molecule has 2 heterocycles. The topological polar surface area (TPSA) is 51.6 Å². The summed E-state index contributed by atoms with van der Waals surface area (Å²) in [5.41, 5.74) is 4.80. The minimum absolute atomic E-state index is 0.0741. The highest BCUT2D eigenvalue weighted by Gasteiger charge is 2.44. The number of benzene rings is 1. The molecule has 2 aromatic rings. The van der Waals surface area contributed by atoms with Gasteiger partial charge in [0.2, 0.25) is 0 Å². The highest BCUT2D eigenvalue weighted by Crippen LogP contribution is 2.54. The van der Waals surface area contributed by atoms with Gasteiger partial charge in [0.1, 0.15) is 12.1 Å². The highest BCUT2D eigenvalue weighted by molar-refractivity contribution is 5.52. The lowest BCUT2D eigenvalue weighted by atomic mass is 9.70. The molecule has 2 unspecified atom stereocenters. The quantitative estimate of drug-likeness (QED) is 0.443. The van der Waals surface area contributed by atoms with Crippen LogP contribution >= 0.6 is 0 Å². The number of pyridine rings is 1. The van der Waals surface area contributed by atoms with Gasteiger partial charge < -0.3 is 4.74 Å². The van der Waals surface area contributed by atoms with Crippen molar-refractivity contribution in [3.63, 3.8) is 0 Å². The molecule has 1 saturated carbocycles. The van der Waals surface area contributed by atoms with Gasteiger partial charge in [-0.1, -0.05) is 44.0 Å². The second-order valence-electron chi connectivity index (χ2n) is 10.6. The molecule has 1 aromatic heterocycles. The Labute approximate surface area is 191 Å². The molecule has 3 aliphatic rings. The van der Waals surface area contributed by atoms with Gasteiger partial charge in [0.15, 0.2) is 0 Å². The number of aromatic nitrogens is 1. The fraction of sp³-hybridized carbons (Fsp3) is 0.577. The van der Waals surface area contributed by atoms with E-state index in [2.05, 4.69) is 19.0 Å². The first kappa shape index (κ1) is 22.5. The molecule has 0 amide bonds. The molecule has 3 atom stereocenters. The van der Waals surface area contributed by atoms with E-state index in [1.54, 1.807) is 0 Å². The molecule has 4 nitrogen and oxygen atoms in total. The Kier molecular flexibility index (Phi) is 5.39. The summed E-state index contributed by atoms with van der Waals surface area (Å²) in [4.78, 5) is 17.0. The van der Waals surface area contributed by atoms with E-state index < -0.39 is 23.9 Å². The predicted molar refractivity (Wildman–Crippen MR) is 119 cm³/mol. The fourth-order valence-corrected chi connectivity index (χ4v) is 6.12. The van der Waals surface area contributed by atoms with Gasteiger partial charge in [-0.2, -0.15) is 18.1 Å². The van der Waals surface area contributed by atoms with E-state index in [9.17, 15) is 18.1 Å². The number of nitrogens with zero attached hydrogens (tertiary/aromatic N) is 2. The number of rotatable bonds is 3. The molecule has 0 bridgehead atoms. The largest absolute Gasteiger partial charge is 0.416 e. The smallest absolute Gasteiger partial charge is 0.359 e. The van der Waals surface area contributed by atoms with Crippen molar-refractivity contribution in [1.29, 1.82) is 0 Å². The molecule has 2 aliphatic carbocycles. The van der Waals surface area contributed by atoms with Crippen molar-refractivity contribution in [1.82, 2.24) is 4.98 Å². The van der Waals surface area contributed by atoms with Gasteiger partial charge >= 0.3 is 6.18 Å². The van der Waals surface area contributed by atoms with Crippen molar-refractivity contribution in [2.24, 2.45) is 10.6 Å². The van der Waals surface area contributed by atoms with Crippen molar-refractivity contribution >= 4 is 0 Å². The Hall–Kier alpha value is -2.28. The first-order valence-electron chi connectivity index (χ1n) is 11.8. The van der Waals surface area contributed by atoms with Crippen LogP contribution in [0, 0.1) is 10.3 Å². The van der Waals surface area contributed by atoms with Crippen molar-refractivity contribution in [2.45, 2.75) is 89.6 Å². The van der Waals surface area contributed by atoms with Crippen LogP contribution in [-0.4, -0.2) is 4.98 Å². The zero-order chi connectivity index (χ0) is 23.5. The number of halogens is 3. The monoisotopic (exact) mass is 458 g/mol. The third kappa shape index (κ3) is 3.88. The minimum atomic E-state index is -4.38. The third-order valence-electron chi connectivity index (χ3n) is 7.57. The second kappa shape index (κ2) is 7.90. The molecule has 1 aliphatic heterocycles. The lowest BCUT2D eigenvalue weighted by Crippen LogP contribution is -2.28. The van der Waals surface area contributed by atoms with Crippen LogP contribution in [0.15, 0.2) is 29.4 Å². The first-order chi connectivity index (χ1) is 15.6. The van der Waals surface area contributed by atoms with Crippen LogP contribution in [0.25, 0.3) is 0 Å². The van der Waals surface area contributed by atoms with E-state index >= 15 is 0 Å². The van der Waals surface area contributed by atoms with E-state index in [1.165, 1.54) is 12.1 Å². The lowest BCUT2D eigenvalue weighted by Gasteiger charge is -2.36. The van der Waals surface area contributed by atoms with Crippen LogP contribution in [0.3, 0.4) is 0 Å². The normalized spacial score (nSPS) is 26.8. The van der Waals surface area contributed by atoms with E-state index in [1.807, 2.05) is 6.92 Å². The maximum absolute atomic E-state index is 13.1. The minimum Gasteiger partial charge on any atom is -0.359 e. The van der Waals surface area contributed by atoms with Gasteiger partial charge in [0.05, 0.1) is 17.4 Å². The molecule has 0 radical (unpaired) electrons. The van der Waals surface area contributed by atoms with Crippen LogP contribution in [0.2, 0.25) is 0 Å². The first-order valence-corrected chi connectivity index (χ1v) is 11.8. The number of hydrogen-bond donors (Lipinski definition) is 0. The number of ether oxygens (including phenoxy) is 1. The Balaban J connectivity index is 1.70. The van der Waals surface area contributed by atoms with Gasteiger partial charge in [0.25, 0.3) is 0 Å². The zero-order valence-electron chi connectivity index (χ0n) is 19.2. The average Bonchev–Trinajstić information content (AvgIpc) is 3.39. The van der Waals surface area contributed by atoms with Gasteiger partial charge in [-0.15, -0.1) is 0 Å². The van der Waals surface area contributed by atoms with E-state index in [0.717, 1.165) is 72.3 Å². The molecular weight excluding hydrogens is 429 g/mol. The maximum atomic E-state index is 13.1. The molecule has 33 heavy (non-hydrogen) atoms. The Morgan fingerprint density at radius 2 is 1.73 bits per heavy atom. The van der Waals surface area contributed by atoms with E-state index in [4.69, 9.17) is 9.72 Å². The molecule has 176 valence electrons. The van der Waals surface area contributed by atoms with Gasteiger partial charge in [-0.05, 0) is 67.2 Å². The number of alkyl halides is 3. The molecule has 1 fully saturated rings. The van der Waals surface area contributed by atoms with Crippen LogP contribution in [0.1, 0.15) is 116 Å². The summed E-state index contributed by atoms with van der Waals surface area (Å²) >= 11 is 0.